The second kappa shape index (κ2) is 7.15. The Balaban J connectivity index is 2.03. The van der Waals surface area contributed by atoms with Gasteiger partial charge in [-0.1, -0.05) is 59.8 Å². The van der Waals surface area contributed by atoms with Gasteiger partial charge in [0.1, 0.15) is 5.60 Å². The molecule has 0 radical (unpaired) electrons. The topological polar surface area (TPSA) is 26.3 Å². The highest BCUT2D eigenvalue weighted by Gasteiger charge is 2.67. The zero-order valence-electron chi connectivity index (χ0n) is 16.2. The van der Waals surface area contributed by atoms with E-state index in [0.717, 1.165) is 25.7 Å². The van der Waals surface area contributed by atoms with Crippen molar-refractivity contribution >= 4 is 5.97 Å². The average Bonchev–Trinajstić information content (AvgIpc) is 2.99. The Morgan fingerprint density at radius 2 is 1.35 bits per heavy atom. The summed E-state index contributed by atoms with van der Waals surface area (Å²) >= 11 is 0. The maximum absolute atomic E-state index is 13.1. The second-order valence-corrected chi connectivity index (χ2v) is 9.56. The van der Waals surface area contributed by atoms with Gasteiger partial charge in [-0.3, -0.25) is 4.79 Å². The number of rotatable bonds is 4. The lowest BCUT2D eigenvalue weighted by Gasteiger charge is -2.33. The molecule has 1 atom stereocenters. The molecular formula is C21H38O2. The van der Waals surface area contributed by atoms with Crippen LogP contribution in [0.25, 0.3) is 0 Å². The smallest absolute Gasteiger partial charge is 0.313 e. The van der Waals surface area contributed by atoms with E-state index in [9.17, 15) is 4.79 Å². The number of hydrogen-bond acceptors (Lipinski definition) is 2. The lowest BCUT2D eigenvalue weighted by atomic mass is 9.85. The fraction of sp³-hybridized carbons (Fsp3) is 0.952. The van der Waals surface area contributed by atoms with E-state index in [0.29, 0.717) is 5.92 Å². The van der Waals surface area contributed by atoms with Crippen LogP contribution in [0.1, 0.15) is 105 Å². The van der Waals surface area contributed by atoms with Crippen LogP contribution >= 0.6 is 0 Å². The molecule has 0 amide bonds. The molecular weight excluding hydrogens is 284 g/mol. The predicted octanol–water partition coefficient (Wildman–Crippen LogP) is 6.28. The molecule has 2 aliphatic carbocycles. The summed E-state index contributed by atoms with van der Waals surface area (Å²) in [7, 11) is 0. The van der Waals surface area contributed by atoms with Gasteiger partial charge in [-0.2, -0.15) is 0 Å². The van der Waals surface area contributed by atoms with E-state index < -0.39 is 0 Å². The Bertz CT molecular complexity index is 400. The van der Waals surface area contributed by atoms with Gasteiger partial charge >= 0.3 is 5.97 Å². The quantitative estimate of drug-likeness (QED) is 0.570. The van der Waals surface area contributed by atoms with E-state index in [1.165, 1.54) is 44.9 Å². The summed E-state index contributed by atoms with van der Waals surface area (Å²) in [6.45, 7) is 11.1. The molecule has 1 unspecified atom stereocenters. The summed E-state index contributed by atoms with van der Waals surface area (Å²) in [6, 6.07) is 0. The van der Waals surface area contributed by atoms with E-state index in [4.69, 9.17) is 4.74 Å². The normalized spacial score (nSPS) is 30.7. The summed E-state index contributed by atoms with van der Waals surface area (Å²) in [5.41, 5.74) is -0.350. The first-order chi connectivity index (χ1) is 10.7. The second-order valence-electron chi connectivity index (χ2n) is 9.56. The number of esters is 1. The van der Waals surface area contributed by atoms with E-state index in [1.54, 1.807) is 0 Å². The van der Waals surface area contributed by atoms with Gasteiger partial charge in [0.15, 0.2) is 0 Å². The predicted molar refractivity (Wildman–Crippen MR) is 96.3 cm³/mol. The van der Waals surface area contributed by atoms with Gasteiger partial charge in [-0.15, -0.1) is 0 Å². The number of hydrogen-bond donors (Lipinski definition) is 0. The lowest BCUT2D eigenvalue weighted by Crippen LogP contribution is -2.37. The molecule has 0 aliphatic heterocycles. The van der Waals surface area contributed by atoms with Crippen molar-refractivity contribution in [1.29, 1.82) is 0 Å². The Morgan fingerprint density at radius 3 is 1.74 bits per heavy atom. The van der Waals surface area contributed by atoms with E-state index >= 15 is 0 Å². The molecule has 0 spiro atoms. The van der Waals surface area contributed by atoms with Crippen LogP contribution < -0.4 is 0 Å². The summed E-state index contributed by atoms with van der Waals surface area (Å²) in [5, 5.41) is 0. The maximum atomic E-state index is 13.1. The van der Waals surface area contributed by atoms with Crippen molar-refractivity contribution < 1.29 is 9.53 Å². The van der Waals surface area contributed by atoms with Gasteiger partial charge in [-0.05, 0) is 56.8 Å². The Labute approximate surface area is 143 Å². The molecule has 2 aliphatic rings. The van der Waals surface area contributed by atoms with Gasteiger partial charge in [0, 0.05) is 0 Å². The molecule has 2 nitrogen and oxygen atoms in total. The fourth-order valence-corrected chi connectivity index (χ4v) is 4.62. The van der Waals surface area contributed by atoms with Crippen LogP contribution in [0, 0.1) is 16.7 Å². The molecule has 0 saturated heterocycles. The Kier molecular flexibility index (Phi) is 5.85. The van der Waals surface area contributed by atoms with Crippen molar-refractivity contribution in [3.63, 3.8) is 0 Å². The summed E-state index contributed by atoms with van der Waals surface area (Å²) in [6.07, 6.45) is 13.1. The minimum absolute atomic E-state index is 0.0933. The zero-order valence-corrected chi connectivity index (χ0v) is 16.2. The van der Waals surface area contributed by atoms with Crippen LogP contribution in [-0.2, 0) is 9.53 Å². The molecule has 23 heavy (non-hydrogen) atoms. The molecule has 0 N–H and O–H groups in total. The monoisotopic (exact) mass is 322 g/mol. The van der Waals surface area contributed by atoms with Crippen molar-refractivity contribution in [2.45, 2.75) is 111 Å². The van der Waals surface area contributed by atoms with Crippen LogP contribution in [-0.4, -0.2) is 11.6 Å². The SMILES string of the molecule is CC(C)CC1(C(=O)OC2(C)CCCCCCCCC2)CC1(C)C. The minimum atomic E-state index is -0.239. The van der Waals surface area contributed by atoms with Crippen molar-refractivity contribution in [2.75, 3.05) is 0 Å². The highest BCUT2D eigenvalue weighted by atomic mass is 16.6. The molecule has 0 aromatic heterocycles. The third kappa shape index (κ3) is 4.51. The molecule has 0 heterocycles. The van der Waals surface area contributed by atoms with Crippen LogP contribution in [0.5, 0.6) is 0 Å². The first kappa shape index (κ1) is 18.8. The number of ether oxygens (including phenoxy) is 1. The van der Waals surface area contributed by atoms with Crippen LogP contribution in [0.4, 0.5) is 0 Å². The first-order valence-corrected chi connectivity index (χ1v) is 9.94. The molecule has 2 rings (SSSR count). The molecule has 134 valence electrons. The number of carbonyl (C=O) groups excluding carboxylic acids is 1. The molecule has 0 bridgehead atoms. The highest BCUT2D eigenvalue weighted by molar-refractivity contribution is 5.82. The van der Waals surface area contributed by atoms with E-state index in [2.05, 4.69) is 34.6 Å². The van der Waals surface area contributed by atoms with Crippen molar-refractivity contribution in [3.05, 3.63) is 0 Å². The van der Waals surface area contributed by atoms with Gasteiger partial charge in [0.25, 0.3) is 0 Å². The zero-order chi connectivity index (χ0) is 17.1. The minimum Gasteiger partial charge on any atom is -0.459 e. The molecule has 2 saturated carbocycles. The van der Waals surface area contributed by atoms with Crippen LogP contribution in [0.3, 0.4) is 0 Å². The molecule has 2 heteroatoms. The van der Waals surface area contributed by atoms with Crippen molar-refractivity contribution in [1.82, 2.24) is 0 Å². The lowest BCUT2D eigenvalue weighted by molar-refractivity contribution is -0.169. The third-order valence-corrected chi connectivity index (χ3v) is 6.31. The molecule has 2 fully saturated rings. The van der Waals surface area contributed by atoms with Crippen LogP contribution in [0.2, 0.25) is 0 Å². The van der Waals surface area contributed by atoms with Crippen LogP contribution in [0.15, 0.2) is 0 Å². The van der Waals surface area contributed by atoms with Gasteiger partial charge < -0.3 is 4.74 Å². The Hall–Kier alpha value is -0.530. The Morgan fingerprint density at radius 1 is 0.913 bits per heavy atom. The first-order valence-electron chi connectivity index (χ1n) is 9.94. The van der Waals surface area contributed by atoms with Crippen molar-refractivity contribution in [2.24, 2.45) is 16.7 Å². The fourth-order valence-electron chi connectivity index (χ4n) is 4.62. The summed E-state index contributed by atoms with van der Waals surface area (Å²) in [5.74, 6) is 0.636. The largest absolute Gasteiger partial charge is 0.459 e. The summed E-state index contributed by atoms with van der Waals surface area (Å²) < 4.78 is 6.24. The third-order valence-electron chi connectivity index (χ3n) is 6.31. The summed E-state index contributed by atoms with van der Waals surface area (Å²) in [4.78, 5) is 13.1. The number of carbonyl (C=O) groups is 1. The van der Waals surface area contributed by atoms with E-state index in [1.807, 2.05) is 0 Å². The average molecular weight is 323 g/mol. The van der Waals surface area contributed by atoms with Gasteiger partial charge in [-0.25, -0.2) is 0 Å². The molecule has 0 aromatic rings. The maximum Gasteiger partial charge on any atom is 0.313 e. The standard InChI is InChI=1S/C21H38O2/c1-17(2)15-21(16-19(21,3)4)18(22)23-20(5)13-11-9-7-6-8-10-12-14-20/h17H,6-16H2,1-5H3. The van der Waals surface area contributed by atoms with E-state index in [-0.39, 0.29) is 22.4 Å². The van der Waals surface area contributed by atoms with Crippen molar-refractivity contribution in [3.8, 4) is 0 Å². The highest BCUT2D eigenvalue weighted by Crippen LogP contribution is 2.67. The van der Waals surface area contributed by atoms with Gasteiger partial charge in [0.05, 0.1) is 5.41 Å². The van der Waals surface area contributed by atoms with Gasteiger partial charge in [0.2, 0.25) is 0 Å². The molecule has 0 aromatic carbocycles.